The standard InChI is InChI=1S/C17H24BrN5O2/c1-2-3-7-25-17(24)22-11-5-4-6-23(10-11)15-12(18)8-20-16-14(15)13(19)9-21-16/h8-9,11H,2-7,10,19H2,1H3,(H,20,21)(H,22,24). The molecule has 1 aliphatic rings. The third-order valence-corrected chi connectivity index (χ3v) is 5.03. The van der Waals surface area contributed by atoms with E-state index in [-0.39, 0.29) is 12.1 Å². The number of anilines is 2. The first-order valence-electron chi connectivity index (χ1n) is 8.69. The minimum Gasteiger partial charge on any atom is -0.450 e. The van der Waals surface area contributed by atoms with E-state index in [0.29, 0.717) is 18.8 Å². The van der Waals surface area contributed by atoms with Crippen molar-refractivity contribution >= 4 is 44.4 Å². The highest BCUT2D eigenvalue weighted by Crippen LogP contribution is 2.37. The average Bonchev–Trinajstić information content (AvgIpc) is 2.96. The van der Waals surface area contributed by atoms with Gasteiger partial charge in [-0.15, -0.1) is 0 Å². The fourth-order valence-electron chi connectivity index (χ4n) is 3.20. The van der Waals surface area contributed by atoms with Gasteiger partial charge in [-0.25, -0.2) is 9.78 Å². The van der Waals surface area contributed by atoms with Crippen molar-refractivity contribution in [1.82, 2.24) is 15.3 Å². The first kappa shape index (κ1) is 17.8. The molecule has 8 heteroatoms. The Kier molecular flexibility index (Phi) is 5.67. The van der Waals surface area contributed by atoms with Crippen LogP contribution in [0.5, 0.6) is 0 Å². The van der Waals surface area contributed by atoms with Crippen LogP contribution >= 0.6 is 15.9 Å². The maximum absolute atomic E-state index is 11.9. The fraction of sp³-hybridized carbons (Fsp3) is 0.529. The summed E-state index contributed by atoms with van der Waals surface area (Å²) in [5, 5.41) is 3.90. The van der Waals surface area contributed by atoms with Crippen molar-refractivity contribution in [2.24, 2.45) is 0 Å². The highest BCUT2D eigenvalue weighted by atomic mass is 79.9. The summed E-state index contributed by atoms with van der Waals surface area (Å²) in [6.45, 7) is 4.16. The predicted molar refractivity (Wildman–Crippen MR) is 103 cm³/mol. The second kappa shape index (κ2) is 7.95. The molecule has 0 radical (unpaired) electrons. The maximum atomic E-state index is 11.9. The third kappa shape index (κ3) is 4.00. The quantitative estimate of drug-likeness (QED) is 0.657. The number of aromatic amines is 1. The molecule has 3 rings (SSSR count). The van der Waals surface area contributed by atoms with Gasteiger partial charge < -0.3 is 25.7 Å². The SMILES string of the molecule is CCCCOC(=O)NC1CCCN(c2c(Br)cnc3[nH]cc(N)c23)C1. The molecule has 4 N–H and O–H groups in total. The number of amides is 1. The zero-order chi connectivity index (χ0) is 17.8. The van der Waals surface area contributed by atoms with Crippen molar-refractivity contribution < 1.29 is 9.53 Å². The molecule has 0 spiro atoms. The number of hydrogen-bond donors (Lipinski definition) is 3. The monoisotopic (exact) mass is 409 g/mol. The fourth-order valence-corrected chi connectivity index (χ4v) is 3.76. The van der Waals surface area contributed by atoms with Gasteiger partial charge in [0, 0.05) is 31.5 Å². The van der Waals surface area contributed by atoms with Crippen LogP contribution in [0.2, 0.25) is 0 Å². The summed E-state index contributed by atoms with van der Waals surface area (Å²) in [7, 11) is 0. The number of hydrogen-bond acceptors (Lipinski definition) is 5. The predicted octanol–water partition coefficient (Wildman–Crippen LogP) is 3.40. The molecule has 136 valence electrons. The molecule has 3 heterocycles. The van der Waals surface area contributed by atoms with Crippen LogP contribution < -0.4 is 16.0 Å². The highest BCUT2D eigenvalue weighted by molar-refractivity contribution is 9.10. The number of nitrogens with one attached hydrogen (secondary N) is 2. The summed E-state index contributed by atoms with van der Waals surface area (Å²) < 4.78 is 6.11. The van der Waals surface area contributed by atoms with Gasteiger partial charge in [0.2, 0.25) is 0 Å². The largest absolute Gasteiger partial charge is 0.450 e. The number of rotatable bonds is 5. The van der Waals surface area contributed by atoms with Crippen molar-refractivity contribution in [3.8, 4) is 0 Å². The number of carbonyl (C=O) groups excluding carboxylic acids is 1. The summed E-state index contributed by atoms with van der Waals surface area (Å²) in [6.07, 6.45) is 7.03. The number of pyridine rings is 1. The Morgan fingerprint density at radius 1 is 1.60 bits per heavy atom. The van der Waals surface area contributed by atoms with E-state index < -0.39 is 0 Å². The molecule has 1 fully saturated rings. The van der Waals surface area contributed by atoms with Crippen LogP contribution in [-0.2, 0) is 4.74 Å². The molecule has 0 aromatic carbocycles. The number of aromatic nitrogens is 2. The molecule has 1 aliphatic heterocycles. The Bertz CT molecular complexity index is 748. The number of carbonyl (C=O) groups is 1. The third-order valence-electron chi connectivity index (χ3n) is 4.45. The molecule has 1 saturated heterocycles. The Morgan fingerprint density at radius 3 is 3.24 bits per heavy atom. The molecule has 1 atom stereocenters. The van der Waals surface area contributed by atoms with Crippen LogP contribution in [0.1, 0.15) is 32.6 Å². The van der Waals surface area contributed by atoms with Gasteiger partial charge in [-0.2, -0.15) is 0 Å². The van der Waals surface area contributed by atoms with Gasteiger partial charge in [0.1, 0.15) is 5.65 Å². The molecule has 1 amide bonds. The minimum absolute atomic E-state index is 0.0539. The van der Waals surface area contributed by atoms with Gasteiger partial charge >= 0.3 is 6.09 Å². The maximum Gasteiger partial charge on any atom is 0.407 e. The van der Waals surface area contributed by atoms with Crippen LogP contribution in [-0.4, -0.2) is 41.8 Å². The lowest BCUT2D eigenvalue weighted by molar-refractivity contribution is 0.139. The number of H-pyrrole nitrogens is 1. The molecular weight excluding hydrogens is 386 g/mol. The molecule has 1 unspecified atom stereocenters. The van der Waals surface area contributed by atoms with Gasteiger partial charge in [-0.1, -0.05) is 13.3 Å². The van der Waals surface area contributed by atoms with E-state index in [2.05, 4.69) is 43.0 Å². The van der Waals surface area contributed by atoms with Gasteiger partial charge in [0.05, 0.1) is 27.8 Å². The Balaban J connectivity index is 1.73. The number of alkyl carbamates (subject to hydrolysis) is 1. The van der Waals surface area contributed by atoms with Crippen molar-refractivity contribution in [3.05, 3.63) is 16.9 Å². The van der Waals surface area contributed by atoms with E-state index in [1.165, 1.54) is 0 Å². The molecule has 2 aromatic heterocycles. The summed E-state index contributed by atoms with van der Waals surface area (Å²) in [5.41, 5.74) is 8.59. The second-order valence-corrected chi connectivity index (χ2v) is 7.20. The van der Waals surface area contributed by atoms with E-state index in [9.17, 15) is 4.79 Å². The van der Waals surface area contributed by atoms with Gasteiger partial charge in [0.25, 0.3) is 0 Å². The Morgan fingerprint density at radius 2 is 2.44 bits per heavy atom. The summed E-state index contributed by atoms with van der Waals surface area (Å²) >= 11 is 3.60. The summed E-state index contributed by atoms with van der Waals surface area (Å²) in [6, 6.07) is 0.0539. The smallest absolute Gasteiger partial charge is 0.407 e. The summed E-state index contributed by atoms with van der Waals surface area (Å²) in [4.78, 5) is 21.6. The Labute approximate surface area is 155 Å². The number of nitrogen functional groups attached to an aromatic ring is 1. The van der Waals surface area contributed by atoms with Crippen molar-refractivity contribution in [2.75, 3.05) is 30.3 Å². The van der Waals surface area contributed by atoms with Crippen molar-refractivity contribution in [3.63, 3.8) is 0 Å². The Hall–Kier alpha value is -1.96. The molecule has 7 nitrogen and oxygen atoms in total. The molecule has 0 bridgehead atoms. The van der Waals surface area contributed by atoms with Crippen molar-refractivity contribution in [1.29, 1.82) is 0 Å². The van der Waals surface area contributed by atoms with Gasteiger partial charge in [-0.05, 0) is 35.2 Å². The van der Waals surface area contributed by atoms with E-state index in [0.717, 1.165) is 53.4 Å². The van der Waals surface area contributed by atoms with E-state index in [1.54, 1.807) is 12.4 Å². The number of unbranched alkanes of at least 4 members (excludes halogenated alkanes) is 1. The normalized spacial score (nSPS) is 17.7. The molecule has 25 heavy (non-hydrogen) atoms. The van der Waals surface area contributed by atoms with Crippen LogP contribution in [0.3, 0.4) is 0 Å². The lowest BCUT2D eigenvalue weighted by atomic mass is 10.0. The van der Waals surface area contributed by atoms with E-state index in [1.807, 2.05) is 0 Å². The van der Waals surface area contributed by atoms with Crippen LogP contribution in [0, 0.1) is 0 Å². The first-order chi connectivity index (χ1) is 12.1. The lowest BCUT2D eigenvalue weighted by Crippen LogP contribution is -2.48. The second-order valence-electron chi connectivity index (χ2n) is 6.34. The molecule has 0 saturated carbocycles. The van der Waals surface area contributed by atoms with Crippen LogP contribution in [0.15, 0.2) is 16.9 Å². The van der Waals surface area contributed by atoms with Gasteiger partial charge in [0.15, 0.2) is 0 Å². The van der Waals surface area contributed by atoms with Crippen molar-refractivity contribution in [2.45, 2.75) is 38.6 Å². The number of fused-ring (bicyclic) bond motifs is 1. The van der Waals surface area contributed by atoms with Crippen LogP contribution in [0.4, 0.5) is 16.2 Å². The minimum atomic E-state index is -0.333. The zero-order valence-electron chi connectivity index (χ0n) is 14.3. The number of nitrogens with zero attached hydrogens (tertiary/aromatic N) is 2. The summed E-state index contributed by atoms with van der Waals surface area (Å²) in [5.74, 6) is 0. The molecule has 2 aromatic rings. The number of halogens is 1. The number of ether oxygens (including phenoxy) is 1. The van der Waals surface area contributed by atoms with E-state index >= 15 is 0 Å². The van der Waals surface area contributed by atoms with Crippen LogP contribution in [0.25, 0.3) is 11.0 Å². The lowest BCUT2D eigenvalue weighted by Gasteiger charge is -2.35. The topological polar surface area (TPSA) is 96.3 Å². The molecule has 0 aliphatic carbocycles. The zero-order valence-corrected chi connectivity index (χ0v) is 15.9. The number of piperidine rings is 1. The average molecular weight is 410 g/mol. The molecular formula is C17H24BrN5O2. The number of nitrogens with two attached hydrogens (primary N) is 1. The highest BCUT2D eigenvalue weighted by Gasteiger charge is 2.25. The first-order valence-corrected chi connectivity index (χ1v) is 9.48. The van der Waals surface area contributed by atoms with Gasteiger partial charge in [-0.3, -0.25) is 0 Å². The van der Waals surface area contributed by atoms with E-state index in [4.69, 9.17) is 10.5 Å².